The van der Waals surface area contributed by atoms with Crippen molar-refractivity contribution in [2.75, 3.05) is 38.2 Å². The van der Waals surface area contributed by atoms with Gasteiger partial charge in [0.1, 0.15) is 12.3 Å². The summed E-state index contributed by atoms with van der Waals surface area (Å²) in [5.74, 6) is -0.0177. The van der Waals surface area contributed by atoms with Crippen LogP contribution in [-0.2, 0) is 19.6 Å². The van der Waals surface area contributed by atoms with Crippen LogP contribution in [0, 0.1) is 6.92 Å². The number of halogens is 1. The molecule has 29 heavy (non-hydrogen) atoms. The molecule has 7 nitrogen and oxygen atoms in total. The van der Waals surface area contributed by atoms with Gasteiger partial charge in [-0.05, 0) is 43.7 Å². The molecule has 158 valence electrons. The molecular weight excluding hydrogens is 416 g/mol. The van der Waals surface area contributed by atoms with E-state index in [4.69, 9.17) is 21.1 Å². The molecule has 9 heteroatoms. The number of benzene rings is 2. The zero-order chi connectivity index (χ0) is 21.4. The summed E-state index contributed by atoms with van der Waals surface area (Å²) in [7, 11) is -0.947. The first-order valence-corrected chi connectivity index (χ1v) is 10.8. The van der Waals surface area contributed by atoms with E-state index in [0.717, 1.165) is 9.87 Å². The fraction of sp³-hybridized carbons (Fsp3) is 0.350. The van der Waals surface area contributed by atoms with Gasteiger partial charge in [0.15, 0.2) is 0 Å². The normalized spacial score (nSPS) is 11.2. The zero-order valence-electron chi connectivity index (χ0n) is 16.6. The monoisotopic (exact) mass is 440 g/mol. The Balaban J connectivity index is 2.36. The molecule has 0 heterocycles. The lowest BCUT2D eigenvalue weighted by Crippen LogP contribution is -2.41. The maximum atomic E-state index is 13.3. The molecule has 1 amide bonds. The molecule has 2 aromatic rings. The highest BCUT2D eigenvalue weighted by Crippen LogP contribution is 2.31. The number of rotatable bonds is 10. The number of aryl methyl sites for hydroxylation is 1. The number of hydrogen-bond acceptors (Lipinski definition) is 5. The molecule has 1 N–H and O–H groups in total. The van der Waals surface area contributed by atoms with Crippen LogP contribution in [0.3, 0.4) is 0 Å². The molecule has 0 unspecified atom stereocenters. The van der Waals surface area contributed by atoms with Crippen LogP contribution in [0.5, 0.6) is 5.75 Å². The molecule has 2 rings (SSSR count). The Kier molecular flexibility index (Phi) is 8.31. The number of sulfonamides is 1. The van der Waals surface area contributed by atoms with Gasteiger partial charge in [-0.2, -0.15) is 0 Å². The maximum Gasteiger partial charge on any atom is 0.264 e. The summed E-state index contributed by atoms with van der Waals surface area (Å²) in [6, 6.07) is 11.0. The summed E-state index contributed by atoms with van der Waals surface area (Å²) in [6.45, 7) is 2.37. The predicted molar refractivity (Wildman–Crippen MR) is 113 cm³/mol. The lowest BCUT2D eigenvalue weighted by molar-refractivity contribution is -0.119. The summed E-state index contributed by atoms with van der Waals surface area (Å²) < 4.78 is 37.7. The van der Waals surface area contributed by atoms with Gasteiger partial charge >= 0.3 is 0 Å². The third-order valence-electron chi connectivity index (χ3n) is 4.17. The van der Waals surface area contributed by atoms with Crippen LogP contribution in [0.2, 0.25) is 5.02 Å². The van der Waals surface area contributed by atoms with Crippen molar-refractivity contribution in [1.82, 2.24) is 5.32 Å². The van der Waals surface area contributed by atoms with E-state index in [1.54, 1.807) is 31.4 Å². The quantitative estimate of drug-likeness (QED) is 0.574. The van der Waals surface area contributed by atoms with Crippen LogP contribution >= 0.6 is 11.6 Å². The highest BCUT2D eigenvalue weighted by atomic mass is 35.5. The van der Waals surface area contributed by atoms with Crippen LogP contribution in [0.4, 0.5) is 5.69 Å². The summed E-state index contributed by atoms with van der Waals surface area (Å²) >= 11 is 6.18. The Morgan fingerprint density at radius 2 is 1.83 bits per heavy atom. The van der Waals surface area contributed by atoms with Crippen LogP contribution in [-0.4, -0.2) is 48.2 Å². The van der Waals surface area contributed by atoms with Crippen molar-refractivity contribution in [3.63, 3.8) is 0 Å². The van der Waals surface area contributed by atoms with E-state index < -0.39 is 15.9 Å². The van der Waals surface area contributed by atoms with E-state index in [1.807, 2.05) is 6.92 Å². The molecule has 0 radical (unpaired) electrons. The topological polar surface area (TPSA) is 84.9 Å². The molecule has 0 bridgehead atoms. The van der Waals surface area contributed by atoms with Crippen molar-refractivity contribution < 1.29 is 22.7 Å². The second kappa shape index (κ2) is 10.5. The number of nitrogens with one attached hydrogen (secondary N) is 1. The molecule has 0 spiro atoms. The molecule has 0 aliphatic carbocycles. The SMILES string of the molecule is COCCCNC(=O)CN(c1ccc(OC)c(Cl)c1)S(=O)(=O)c1ccc(C)cc1. The maximum absolute atomic E-state index is 13.3. The predicted octanol–water partition coefficient (Wildman–Crippen LogP) is 3.01. The second-order valence-electron chi connectivity index (χ2n) is 6.34. The number of carbonyl (C=O) groups excluding carboxylic acids is 1. The number of methoxy groups -OCH3 is 2. The molecule has 2 aromatic carbocycles. The van der Waals surface area contributed by atoms with Crippen molar-refractivity contribution in [1.29, 1.82) is 0 Å². The van der Waals surface area contributed by atoms with Gasteiger partial charge in [0.25, 0.3) is 10.0 Å². The van der Waals surface area contributed by atoms with E-state index >= 15 is 0 Å². The fourth-order valence-electron chi connectivity index (χ4n) is 2.59. The minimum Gasteiger partial charge on any atom is -0.495 e. The van der Waals surface area contributed by atoms with Gasteiger partial charge < -0.3 is 14.8 Å². The zero-order valence-corrected chi connectivity index (χ0v) is 18.2. The van der Waals surface area contributed by atoms with Crippen LogP contribution in [0.25, 0.3) is 0 Å². The molecule has 0 aliphatic rings. The summed E-state index contributed by atoms with van der Waals surface area (Å²) in [6.07, 6.45) is 0.626. The number of ether oxygens (including phenoxy) is 2. The number of nitrogens with zero attached hydrogens (tertiary/aromatic N) is 1. The number of anilines is 1. The minimum atomic E-state index is -3.99. The van der Waals surface area contributed by atoms with Gasteiger partial charge in [0, 0.05) is 20.3 Å². The Morgan fingerprint density at radius 3 is 2.41 bits per heavy atom. The summed E-state index contributed by atoms with van der Waals surface area (Å²) in [4.78, 5) is 12.5. The van der Waals surface area contributed by atoms with Gasteiger partial charge in [0.2, 0.25) is 5.91 Å². The van der Waals surface area contributed by atoms with Crippen molar-refractivity contribution in [2.24, 2.45) is 0 Å². The first kappa shape index (κ1) is 23.0. The van der Waals surface area contributed by atoms with E-state index in [9.17, 15) is 13.2 Å². The Morgan fingerprint density at radius 1 is 1.14 bits per heavy atom. The van der Waals surface area contributed by atoms with Crippen LogP contribution in [0.15, 0.2) is 47.4 Å². The van der Waals surface area contributed by atoms with Gasteiger partial charge in [0.05, 0.1) is 22.7 Å². The first-order valence-electron chi connectivity index (χ1n) is 8.98. The minimum absolute atomic E-state index is 0.0854. The van der Waals surface area contributed by atoms with Crippen molar-refractivity contribution in [3.05, 3.63) is 53.1 Å². The number of carbonyl (C=O) groups is 1. The smallest absolute Gasteiger partial charge is 0.264 e. The van der Waals surface area contributed by atoms with Crippen LogP contribution in [0.1, 0.15) is 12.0 Å². The average Bonchev–Trinajstić information content (AvgIpc) is 2.69. The third kappa shape index (κ3) is 6.09. The average molecular weight is 441 g/mol. The highest BCUT2D eigenvalue weighted by Gasteiger charge is 2.27. The van der Waals surface area contributed by atoms with Crippen molar-refractivity contribution in [2.45, 2.75) is 18.2 Å². The molecule has 0 atom stereocenters. The molecule has 0 saturated heterocycles. The standard InChI is InChI=1S/C20H25ClN2O5S/c1-15-5-8-17(9-6-15)29(25,26)23(14-20(24)22-11-4-12-27-2)16-7-10-19(28-3)18(21)13-16/h5-10,13H,4,11-12,14H2,1-3H3,(H,22,24). The van der Waals surface area contributed by atoms with E-state index in [-0.39, 0.29) is 22.2 Å². The highest BCUT2D eigenvalue weighted by molar-refractivity contribution is 7.92. The largest absolute Gasteiger partial charge is 0.495 e. The van der Waals surface area contributed by atoms with Gasteiger partial charge in [-0.1, -0.05) is 29.3 Å². The second-order valence-corrected chi connectivity index (χ2v) is 8.61. The number of amides is 1. The van der Waals surface area contributed by atoms with E-state index in [0.29, 0.717) is 25.3 Å². The fourth-order valence-corrected chi connectivity index (χ4v) is 4.26. The molecule has 0 fully saturated rings. The van der Waals surface area contributed by atoms with Gasteiger partial charge in [-0.3, -0.25) is 9.10 Å². The number of hydrogen-bond donors (Lipinski definition) is 1. The Labute approximate surface area is 176 Å². The van der Waals surface area contributed by atoms with E-state index in [1.165, 1.54) is 25.3 Å². The first-order chi connectivity index (χ1) is 13.8. The Hall–Kier alpha value is -2.29. The lowest BCUT2D eigenvalue weighted by atomic mass is 10.2. The third-order valence-corrected chi connectivity index (χ3v) is 6.25. The van der Waals surface area contributed by atoms with Gasteiger partial charge in [-0.25, -0.2) is 8.42 Å². The molecule has 0 saturated carbocycles. The molecule has 0 aliphatic heterocycles. The van der Waals surface area contributed by atoms with Crippen LogP contribution < -0.4 is 14.4 Å². The van der Waals surface area contributed by atoms with Gasteiger partial charge in [-0.15, -0.1) is 0 Å². The molecule has 0 aromatic heterocycles. The lowest BCUT2D eigenvalue weighted by Gasteiger charge is -2.24. The van der Waals surface area contributed by atoms with Crippen molar-refractivity contribution >= 4 is 33.2 Å². The summed E-state index contributed by atoms with van der Waals surface area (Å²) in [5, 5.41) is 2.95. The molecular formula is C20H25ClN2O5S. The Bertz CT molecular complexity index is 932. The van der Waals surface area contributed by atoms with Crippen molar-refractivity contribution in [3.8, 4) is 5.75 Å². The summed E-state index contributed by atoms with van der Waals surface area (Å²) in [5.41, 5.74) is 1.20. The van der Waals surface area contributed by atoms with E-state index in [2.05, 4.69) is 5.32 Å².